The van der Waals surface area contributed by atoms with E-state index >= 15 is 0 Å². The van der Waals surface area contributed by atoms with E-state index in [0.29, 0.717) is 0 Å². The van der Waals surface area contributed by atoms with Crippen LogP contribution in [-0.2, 0) is 16.0 Å². The smallest absolute Gasteiger partial charge is 0.171 e. The first-order chi connectivity index (χ1) is 8.72. The molecule has 100 valence electrons. The normalized spacial score (nSPS) is 22.9. The van der Waals surface area contributed by atoms with Gasteiger partial charge in [-0.3, -0.25) is 0 Å². The molecule has 1 spiro atoms. The van der Waals surface area contributed by atoms with Gasteiger partial charge < -0.3 is 14.4 Å². The Morgan fingerprint density at radius 1 is 1.28 bits per heavy atom. The quantitative estimate of drug-likeness (QED) is 0.799. The first-order valence-corrected chi connectivity index (χ1v) is 6.80. The van der Waals surface area contributed by atoms with Crippen molar-refractivity contribution in [2.24, 2.45) is 0 Å². The van der Waals surface area contributed by atoms with Crippen LogP contribution in [0.25, 0.3) is 0 Å². The summed E-state index contributed by atoms with van der Waals surface area (Å²) in [5, 5.41) is 4.51. The number of piperidine rings is 1. The molecule has 3 heterocycles. The third-order valence-corrected chi connectivity index (χ3v) is 3.84. The molecule has 2 fully saturated rings. The minimum Gasteiger partial charge on any atom is -0.356 e. The number of anilines is 1. The van der Waals surface area contributed by atoms with Crippen molar-refractivity contribution in [3.8, 4) is 0 Å². The summed E-state index contributed by atoms with van der Waals surface area (Å²) in [6, 6.07) is 2.16. The van der Waals surface area contributed by atoms with Crippen LogP contribution < -0.4 is 4.90 Å². The van der Waals surface area contributed by atoms with E-state index in [-0.39, 0.29) is 5.79 Å². The molecule has 2 saturated heterocycles. The van der Waals surface area contributed by atoms with E-state index in [2.05, 4.69) is 27.7 Å². The molecule has 0 saturated carbocycles. The van der Waals surface area contributed by atoms with E-state index in [1.165, 1.54) is 5.82 Å². The van der Waals surface area contributed by atoms with Crippen molar-refractivity contribution in [2.75, 3.05) is 31.2 Å². The molecule has 0 bridgehead atoms. The molecule has 0 amide bonds. The highest BCUT2D eigenvalue weighted by Crippen LogP contribution is 2.33. The van der Waals surface area contributed by atoms with Gasteiger partial charge in [0.1, 0.15) is 5.82 Å². The van der Waals surface area contributed by atoms with E-state index in [9.17, 15) is 0 Å². The van der Waals surface area contributed by atoms with Crippen molar-refractivity contribution >= 4 is 5.82 Å². The lowest BCUT2D eigenvalue weighted by Crippen LogP contribution is -2.45. The molecule has 3 rings (SSSR count). The van der Waals surface area contributed by atoms with Crippen LogP contribution in [0.5, 0.6) is 0 Å². The summed E-state index contributed by atoms with van der Waals surface area (Å²) in [6.45, 7) is 8.53. The zero-order chi connectivity index (χ0) is 12.6. The fourth-order valence-electron chi connectivity index (χ4n) is 2.88. The van der Waals surface area contributed by atoms with Crippen LogP contribution >= 0.6 is 0 Å². The molecule has 2 aliphatic heterocycles. The summed E-state index contributed by atoms with van der Waals surface area (Å²) in [5.74, 6) is 0.936. The van der Waals surface area contributed by atoms with Gasteiger partial charge in [0.25, 0.3) is 0 Å². The van der Waals surface area contributed by atoms with Crippen LogP contribution in [0.2, 0.25) is 0 Å². The van der Waals surface area contributed by atoms with Crippen molar-refractivity contribution in [1.82, 2.24) is 9.78 Å². The number of hydrogen-bond donors (Lipinski definition) is 0. The Bertz CT molecular complexity index is 414. The minimum absolute atomic E-state index is 0.289. The topological polar surface area (TPSA) is 39.5 Å². The predicted octanol–water partition coefficient (Wildman–Crippen LogP) is 1.55. The van der Waals surface area contributed by atoms with Crippen molar-refractivity contribution in [3.63, 3.8) is 0 Å². The second-order valence-electron chi connectivity index (χ2n) is 5.05. The van der Waals surface area contributed by atoms with Crippen LogP contribution in [0.15, 0.2) is 6.07 Å². The highest BCUT2D eigenvalue weighted by atomic mass is 16.7. The average molecular weight is 251 g/mol. The molecular weight excluding hydrogens is 230 g/mol. The number of hydrogen-bond acceptors (Lipinski definition) is 4. The van der Waals surface area contributed by atoms with E-state index in [4.69, 9.17) is 9.47 Å². The van der Waals surface area contributed by atoms with Crippen LogP contribution in [0.3, 0.4) is 0 Å². The molecule has 1 aromatic rings. The zero-order valence-electron chi connectivity index (χ0n) is 11.2. The molecule has 0 atom stereocenters. The molecule has 5 heteroatoms. The zero-order valence-corrected chi connectivity index (χ0v) is 11.2. The van der Waals surface area contributed by atoms with Gasteiger partial charge in [-0.25, -0.2) is 4.68 Å². The first kappa shape index (κ1) is 12.0. The van der Waals surface area contributed by atoms with Gasteiger partial charge in [0, 0.05) is 38.5 Å². The highest BCUT2D eigenvalue weighted by molar-refractivity contribution is 5.41. The summed E-state index contributed by atoms with van der Waals surface area (Å²) < 4.78 is 13.6. The minimum atomic E-state index is -0.289. The predicted molar refractivity (Wildman–Crippen MR) is 68.7 cm³/mol. The molecule has 2 aliphatic rings. The Morgan fingerprint density at radius 3 is 2.56 bits per heavy atom. The standard InChI is InChI=1S/C13H21N3O2/c1-3-16-12(10-11(2)14-16)15-6-4-13(5-7-15)17-8-9-18-13/h10H,3-9H2,1-2H3. The van der Waals surface area contributed by atoms with Crippen molar-refractivity contribution < 1.29 is 9.47 Å². The van der Waals surface area contributed by atoms with Gasteiger partial charge >= 0.3 is 0 Å². The monoisotopic (exact) mass is 251 g/mol. The van der Waals surface area contributed by atoms with Gasteiger partial charge in [-0.15, -0.1) is 0 Å². The molecular formula is C13H21N3O2. The van der Waals surface area contributed by atoms with Gasteiger partial charge in [0.05, 0.1) is 18.9 Å². The number of nitrogens with zero attached hydrogens (tertiary/aromatic N) is 3. The van der Waals surface area contributed by atoms with E-state index in [1.54, 1.807) is 0 Å². The van der Waals surface area contributed by atoms with Gasteiger partial charge in [-0.1, -0.05) is 0 Å². The SMILES string of the molecule is CCn1nc(C)cc1N1CCC2(CC1)OCCO2. The molecule has 0 radical (unpaired) electrons. The lowest BCUT2D eigenvalue weighted by Gasteiger charge is -2.38. The maximum Gasteiger partial charge on any atom is 0.171 e. The summed E-state index contributed by atoms with van der Waals surface area (Å²) in [7, 11) is 0. The molecule has 5 nitrogen and oxygen atoms in total. The number of ether oxygens (including phenoxy) is 2. The third-order valence-electron chi connectivity index (χ3n) is 3.84. The summed E-state index contributed by atoms with van der Waals surface area (Å²) in [5.41, 5.74) is 1.08. The second kappa shape index (κ2) is 4.55. The Morgan fingerprint density at radius 2 is 1.94 bits per heavy atom. The first-order valence-electron chi connectivity index (χ1n) is 6.80. The van der Waals surface area contributed by atoms with Crippen molar-refractivity contribution in [3.05, 3.63) is 11.8 Å². The number of aromatic nitrogens is 2. The number of aryl methyl sites for hydroxylation is 2. The maximum atomic E-state index is 5.76. The summed E-state index contributed by atoms with van der Waals surface area (Å²) in [6.07, 6.45) is 1.89. The Balaban J connectivity index is 1.72. The lowest BCUT2D eigenvalue weighted by molar-refractivity contribution is -0.169. The van der Waals surface area contributed by atoms with Gasteiger partial charge in [0.15, 0.2) is 5.79 Å². The largest absolute Gasteiger partial charge is 0.356 e. The van der Waals surface area contributed by atoms with E-state index < -0.39 is 0 Å². The second-order valence-corrected chi connectivity index (χ2v) is 5.05. The van der Waals surface area contributed by atoms with Crippen LogP contribution in [0.1, 0.15) is 25.5 Å². The molecule has 0 N–H and O–H groups in total. The molecule has 0 aromatic carbocycles. The molecule has 1 aromatic heterocycles. The summed E-state index contributed by atoms with van der Waals surface area (Å²) in [4.78, 5) is 2.39. The fraction of sp³-hybridized carbons (Fsp3) is 0.769. The Labute approximate surface area is 108 Å². The average Bonchev–Trinajstić information content (AvgIpc) is 2.98. The van der Waals surface area contributed by atoms with Crippen molar-refractivity contribution in [1.29, 1.82) is 0 Å². The molecule has 0 aliphatic carbocycles. The summed E-state index contributed by atoms with van der Waals surface area (Å²) >= 11 is 0. The van der Waals surface area contributed by atoms with Gasteiger partial charge in [-0.05, 0) is 13.8 Å². The van der Waals surface area contributed by atoms with Gasteiger partial charge in [0.2, 0.25) is 0 Å². The van der Waals surface area contributed by atoms with E-state index in [1.807, 2.05) is 6.92 Å². The Hall–Kier alpha value is -1.07. The lowest BCUT2D eigenvalue weighted by atomic mass is 10.0. The van der Waals surface area contributed by atoms with Crippen molar-refractivity contribution in [2.45, 2.75) is 39.0 Å². The Kier molecular flexibility index (Phi) is 3.03. The van der Waals surface area contributed by atoms with Crippen LogP contribution in [-0.4, -0.2) is 41.9 Å². The highest BCUT2D eigenvalue weighted by Gasteiger charge is 2.40. The number of rotatable bonds is 2. The van der Waals surface area contributed by atoms with E-state index in [0.717, 1.165) is 51.4 Å². The molecule has 18 heavy (non-hydrogen) atoms. The molecule has 0 unspecified atom stereocenters. The fourth-order valence-corrected chi connectivity index (χ4v) is 2.88. The van der Waals surface area contributed by atoms with Gasteiger partial charge in [-0.2, -0.15) is 5.10 Å². The third kappa shape index (κ3) is 2.01. The van der Waals surface area contributed by atoms with Crippen LogP contribution in [0, 0.1) is 6.92 Å². The maximum absolute atomic E-state index is 5.76. The van der Waals surface area contributed by atoms with Crippen LogP contribution in [0.4, 0.5) is 5.82 Å².